The van der Waals surface area contributed by atoms with Crippen molar-refractivity contribution in [2.24, 2.45) is 10.9 Å². The Morgan fingerprint density at radius 3 is 2.23 bits per heavy atom. The lowest BCUT2D eigenvalue weighted by Gasteiger charge is -2.29. The molecule has 1 unspecified atom stereocenters. The van der Waals surface area contributed by atoms with Gasteiger partial charge in [0.25, 0.3) is 0 Å². The Kier molecular flexibility index (Phi) is 12.7. The quantitative estimate of drug-likeness (QED) is 0.282. The van der Waals surface area contributed by atoms with E-state index in [4.69, 9.17) is 14.5 Å². The molecule has 1 aromatic carbocycles. The zero-order chi connectivity index (χ0) is 21.0. The fourth-order valence-electron chi connectivity index (χ4n) is 3.93. The van der Waals surface area contributed by atoms with Crippen LogP contribution in [0, 0.1) is 5.92 Å². The van der Waals surface area contributed by atoms with E-state index in [1.165, 1.54) is 11.1 Å². The normalized spacial score (nSPS) is 19.5. The number of hydrogen-bond acceptors (Lipinski definition) is 5. The number of guanidine groups is 1. The van der Waals surface area contributed by atoms with Gasteiger partial charge in [0.1, 0.15) is 0 Å². The standard InChI is InChI=1S/C23H39N5O2.HI/c1-3-24-23(25-16-20(2)18-27-8-12-29-13-9-27)26-17-21-6-4-5-7-22(21)19-28-10-14-30-15-11-28;/h4-7,20H,3,8-19H2,1-2H3,(H2,24,25,26);1H. The number of aliphatic imine (C=N–C) groups is 1. The van der Waals surface area contributed by atoms with Gasteiger partial charge in [-0.25, -0.2) is 4.99 Å². The molecule has 7 nitrogen and oxygen atoms in total. The predicted octanol–water partition coefficient (Wildman–Crippen LogP) is 2.16. The Morgan fingerprint density at radius 2 is 1.58 bits per heavy atom. The van der Waals surface area contributed by atoms with Gasteiger partial charge in [-0.05, 0) is 24.0 Å². The van der Waals surface area contributed by atoms with Crippen LogP contribution in [0.5, 0.6) is 0 Å². The maximum atomic E-state index is 5.48. The monoisotopic (exact) mass is 545 g/mol. The highest BCUT2D eigenvalue weighted by molar-refractivity contribution is 14.0. The Balaban J connectivity index is 0.00000341. The summed E-state index contributed by atoms with van der Waals surface area (Å²) in [5, 5.41) is 6.93. The van der Waals surface area contributed by atoms with E-state index in [0.717, 1.165) is 84.7 Å². The molecule has 8 heteroatoms. The molecule has 2 N–H and O–H groups in total. The van der Waals surface area contributed by atoms with Crippen molar-refractivity contribution in [2.75, 3.05) is 72.2 Å². The van der Waals surface area contributed by atoms with Gasteiger partial charge in [-0.3, -0.25) is 9.80 Å². The lowest BCUT2D eigenvalue weighted by molar-refractivity contribution is 0.0320. The molecule has 0 aliphatic carbocycles. The first-order chi connectivity index (χ1) is 14.7. The molecule has 0 spiro atoms. The van der Waals surface area contributed by atoms with E-state index in [2.05, 4.69) is 58.5 Å². The van der Waals surface area contributed by atoms with Gasteiger partial charge in [-0.2, -0.15) is 0 Å². The van der Waals surface area contributed by atoms with Gasteiger partial charge < -0.3 is 20.1 Å². The van der Waals surface area contributed by atoms with E-state index in [9.17, 15) is 0 Å². The summed E-state index contributed by atoms with van der Waals surface area (Å²) in [4.78, 5) is 9.82. The smallest absolute Gasteiger partial charge is 0.191 e. The Morgan fingerprint density at radius 1 is 0.968 bits per heavy atom. The molecular weight excluding hydrogens is 505 g/mol. The molecule has 0 bridgehead atoms. The van der Waals surface area contributed by atoms with Gasteiger partial charge >= 0.3 is 0 Å². The molecule has 0 aromatic heterocycles. The van der Waals surface area contributed by atoms with Crippen molar-refractivity contribution in [3.63, 3.8) is 0 Å². The van der Waals surface area contributed by atoms with Crippen LogP contribution in [0.2, 0.25) is 0 Å². The minimum atomic E-state index is 0. The first kappa shape index (κ1) is 26.3. The van der Waals surface area contributed by atoms with Gasteiger partial charge in [-0.1, -0.05) is 31.2 Å². The third kappa shape index (κ3) is 9.61. The molecule has 2 saturated heterocycles. The number of ether oxygens (including phenoxy) is 2. The van der Waals surface area contributed by atoms with Gasteiger partial charge in [0.2, 0.25) is 0 Å². The van der Waals surface area contributed by atoms with Gasteiger partial charge in [-0.15, -0.1) is 24.0 Å². The van der Waals surface area contributed by atoms with Crippen molar-refractivity contribution in [2.45, 2.75) is 26.9 Å². The minimum Gasteiger partial charge on any atom is -0.379 e. The third-order valence-electron chi connectivity index (χ3n) is 5.66. The molecule has 2 fully saturated rings. The summed E-state index contributed by atoms with van der Waals surface area (Å²) in [7, 11) is 0. The van der Waals surface area contributed by atoms with Crippen molar-refractivity contribution in [1.29, 1.82) is 0 Å². The largest absolute Gasteiger partial charge is 0.379 e. The Labute approximate surface area is 205 Å². The molecule has 0 saturated carbocycles. The van der Waals surface area contributed by atoms with Gasteiger partial charge in [0, 0.05) is 52.4 Å². The van der Waals surface area contributed by atoms with Crippen molar-refractivity contribution >= 4 is 29.9 Å². The van der Waals surface area contributed by atoms with Crippen LogP contribution in [0.1, 0.15) is 25.0 Å². The highest BCUT2D eigenvalue weighted by atomic mass is 127. The van der Waals surface area contributed by atoms with Gasteiger partial charge in [0.05, 0.1) is 33.0 Å². The molecule has 2 heterocycles. The molecule has 1 atom stereocenters. The van der Waals surface area contributed by atoms with E-state index in [1.54, 1.807) is 0 Å². The first-order valence-corrected chi connectivity index (χ1v) is 11.4. The number of nitrogens with zero attached hydrogens (tertiary/aromatic N) is 3. The van der Waals surface area contributed by atoms with Crippen molar-refractivity contribution in [3.8, 4) is 0 Å². The number of morpholine rings is 2. The van der Waals surface area contributed by atoms with E-state index >= 15 is 0 Å². The van der Waals surface area contributed by atoms with Crippen LogP contribution >= 0.6 is 24.0 Å². The minimum absolute atomic E-state index is 0. The van der Waals surface area contributed by atoms with Crippen molar-refractivity contribution in [3.05, 3.63) is 35.4 Å². The zero-order valence-electron chi connectivity index (χ0n) is 19.1. The second-order valence-corrected chi connectivity index (χ2v) is 8.25. The zero-order valence-corrected chi connectivity index (χ0v) is 21.5. The maximum Gasteiger partial charge on any atom is 0.191 e. The topological polar surface area (TPSA) is 61.4 Å². The molecule has 2 aliphatic heterocycles. The van der Waals surface area contributed by atoms with Crippen molar-refractivity contribution in [1.82, 2.24) is 20.4 Å². The molecule has 0 radical (unpaired) electrons. The summed E-state index contributed by atoms with van der Waals surface area (Å²) in [6.45, 7) is 16.4. The van der Waals surface area contributed by atoms with E-state index in [0.29, 0.717) is 12.5 Å². The van der Waals surface area contributed by atoms with Crippen LogP contribution in [0.25, 0.3) is 0 Å². The fourth-order valence-corrected chi connectivity index (χ4v) is 3.93. The van der Waals surface area contributed by atoms with Gasteiger partial charge in [0.15, 0.2) is 5.96 Å². The number of benzene rings is 1. The molecule has 176 valence electrons. The number of hydrogen-bond donors (Lipinski definition) is 2. The summed E-state index contributed by atoms with van der Waals surface area (Å²) in [5.74, 6) is 1.45. The summed E-state index contributed by atoms with van der Waals surface area (Å²) in [5.41, 5.74) is 2.65. The van der Waals surface area contributed by atoms with E-state index in [-0.39, 0.29) is 24.0 Å². The number of halogens is 1. The van der Waals surface area contributed by atoms with Crippen LogP contribution in [-0.4, -0.2) is 88.0 Å². The number of nitrogens with one attached hydrogen (secondary N) is 2. The Bertz CT molecular complexity index is 649. The Hall–Kier alpha value is -0.940. The third-order valence-corrected chi connectivity index (χ3v) is 5.66. The summed E-state index contributed by atoms with van der Waals surface area (Å²) in [6.07, 6.45) is 0. The SMILES string of the molecule is CCNC(=NCc1ccccc1CN1CCOCC1)NCC(C)CN1CCOCC1.I. The van der Waals surface area contributed by atoms with Crippen LogP contribution in [-0.2, 0) is 22.6 Å². The molecule has 0 amide bonds. The van der Waals surface area contributed by atoms with Crippen LogP contribution < -0.4 is 10.6 Å². The lowest BCUT2D eigenvalue weighted by atomic mass is 10.1. The van der Waals surface area contributed by atoms with Crippen molar-refractivity contribution < 1.29 is 9.47 Å². The first-order valence-electron chi connectivity index (χ1n) is 11.4. The highest BCUT2D eigenvalue weighted by Crippen LogP contribution is 2.14. The molecule has 31 heavy (non-hydrogen) atoms. The average Bonchev–Trinajstić information content (AvgIpc) is 2.78. The predicted molar refractivity (Wildman–Crippen MR) is 137 cm³/mol. The second kappa shape index (κ2) is 15.0. The van der Waals surface area contributed by atoms with Crippen LogP contribution in [0.3, 0.4) is 0 Å². The second-order valence-electron chi connectivity index (χ2n) is 8.25. The van der Waals surface area contributed by atoms with E-state index in [1.807, 2.05) is 0 Å². The summed E-state index contributed by atoms with van der Waals surface area (Å²) < 4.78 is 10.9. The fraction of sp³-hybridized carbons (Fsp3) is 0.696. The lowest BCUT2D eigenvalue weighted by Crippen LogP contribution is -2.44. The number of rotatable bonds is 9. The average molecular weight is 546 g/mol. The van der Waals surface area contributed by atoms with E-state index < -0.39 is 0 Å². The summed E-state index contributed by atoms with van der Waals surface area (Å²) >= 11 is 0. The maximum absolute atomic E-state index is 5.48. The highest BCUT2D eigenvalue weighted by Gasteiger charge is 2.15. The van der Waals surface area contributed by atoms with Crippen LogP contribution in [0.4, 0.5) is 0 Å². The molecular formula is C23H40IN5O2. The van der Waals surface area contributed by atoms with Crippen LogP contribution in [0.15, 0.2) is 29.3 Å². The molecule has 2 aliphatic rings. The molecule has 1 aromatic rings. The molecule has 3 rings (SSSR count). The summed E-state index contributed by atoms with van der Waals surface area (Å²) in [6, 6.07) is 8.66.